The number of fused-ring (bicyclic) bond motifs is 1. The van der Waals surface area contributed by atoms with Gasteiger partial charge in [-0.3, -0.25) is 4.79 Å². The van der Waals surface area contributed by atoms with Gasteiger partial charge in [0.25, 0.3) is 0 Å². The molecular weight excluding hydrogens is 436 g/mol. The molecule has 5 heteroatoms. The van der Waals surface area contributed by atoms with Crippen LogP contribution in [0.25, 0.3) is 17.2 Å². The average molecular weight is 453 g/mol. The van der Waals surface area contributed by atoms with E-state index in [1.165, 1.54) is 0 Å². The number of Topliss-reactive ketones (excluding diaryl/α,β-unsaturated/α-hetero) is 1. The van der Waals surface area contributed by atoms with E-state index in [1.54, 1.807) is 48.5 Å². The lowest BCUT2D eigenvalue weighted by molar-refractivity contribution is 0.0734. The molecule has 1 aliphatic heterocycles. The maximum Gasteiger partial charge on any atom is 0.343 e. The molecule has 0 atom stereocenters. The number of esters is 1. The first-order chi connectivity index (χ1) is 16.1. The molecule has 1 heterocycles. The van der Waals surface area contributed by atoms with E-state index in [0.29, 0.717) is 21.9 Å². The molecule has 0 saturated heterocycles. The third-order valence-corrected chi connectivity index (χ3v) is 5.50. The fourth-order valence-corrected chi connectivity index (χ4v) is 3.66. The third-order valence-electron chi connectivity index (χ3n) is 5.25. The normalized spacial score (nSPS) is 13.5. The summed E-state index contributed by atoms with van der Waals surface area (Å²) >= 11 is 5.86. The summed E-state index contributed by atoms with van der Waals surface area (Å²) in [6.45, 7) is 0. The predicted octanol–water partition coefficient (Wildman–Crippen LogP) is 6.84. The zero-order valence-corrected chi connectivity index (χ0v) is 18.1. The van der Waals surface area contributed by atoms with Crippen LogP contribution in [-0.2, 0) is 0 Å². The van der Waals surface area contributed by atoms with Gasteiger partial charge in [-0.25, -0.2) is 4.79 Å². The van der Waals surface area contributed by atoms with Gasteiger partial charge in [-0.2, -0.15) is 0 Å². The Labute approximate surface area is 195 Å². The van der Waals surface area contributed by atoms with Gasteiger partial charge < -0.3 is 9.47 Å². The monoisotopic (exact) mass is 452 g/mol. The highest BCUT2D eigenvalue weighted by atomic mass is 35.5. The van der Waals surface area contributed by atoms with Crippen molar-refractivity contribution in [1.82, 2.24) is 0 Å². The topological polar surface area (TPSA) is 52.6 Å². The molecule has 5 rings (SSSR count). The average Bonchev–Trinajstić information content (AvgIpc) is 3.15. The minimum atomic E-state index is -0.523. The van der Waals surface area contributed by atoms with Crippen LogP contribution in [-0.4, -0.2) is 11.8 Å². The number of ketones is 1. The van der Waals surface area contributed by atoms with E-state index >= 15 is 0 Å². The molecule has 0 amide bonds. The van der Waals surface area contributed by atoms with E-state index in [9.17, 15) is 9.59 Å². The van der Waals surface area contributed by atoms with Crippen molar-refractivity contribution >= 4 is 29.4 Å². The van der Waals surface area contributed by atoms with Gasteiger partial charge in [0.2, 0.25) is 5.78 Å². The molecule has 0 fully saturated rings. The Bertz CT molecular complexity index is 1370. The zero-order valence-electron chi connectivity index (χ0n) is 17.3. The molecular formula is C28H17ClO4. The number of benzene rings is 4. The third kappa shape index (κ3) is 4.43. The summed E-state index contributed by atoms with van der Waals surface area (Å²) in [4.78, 5) is 25.1. The summed E-state index contributed by atoms with van der Waals surface area (Å²) in [6, 6.07) is 29.1. The van der Waals surface area contributed by atoms with Crippen molar-refractivity contribution < 1.29 is 19.1 Å². The summed E-state index contributed by atoms with van der Waals surface area (Å²) in [5.41, 5.74) is 3.86. The van der Waals surface area contributed by atoms with Crippen molar-refractivity contribution in [1.29, 1.82) is 0 Å². The number of hydrogen-bond donors (Lipinski definition) is 0. The molecule has 0 unspecified atom stereocenters. The Balaban J connectivity index is 1.33. The molecule has 0 spiro atoms. The SMILES string of the molecule is O=C(Oc1ccc2c(c1)O/C(=C/c1ccc(-c3ccccc3)cc1)C2=O)c1ccc(Cl)cc1. The largest absolute Gasteiger partial charge is 0.452 e. The summed E-state index contributed by atoms with van der Waals surface area (Å²) in [6.07, 6.45) is 1.70. The molecule has 4 nitrogen and oxygen atoms in total. The van der Waals surface area contributed by atoms with E-state index in [1.807, 2.05) is 54.6 Å². The van der Waals surface area contributed by atoms with Gasteiger partial charge in [-0.05, 0) is 59.2 Å². The first-order valence-corrected chi connectivity index (χ1v) is 10.7. The highest BCUT2D eigenvalue weighted by Crippen LogP contribution is 2.35. The van der Waals surface area contributed by atoms with E-state index in [0.717, 1.165) is 16.7 Å². The summed E-state index contributed by atoms with van der Waals surface area (Å²) in [7, 11) is 0. The van der Waals surface area contributed by atoms with Crippen LogP contribution in [0.5, 0.6) is 11.5 Å². The Morgan fingerprint density at radius 3 is 2.24 bits per heavy atom. The van der Waals surface area contributed by atoms with Crippen molar-refractivity contribution in [3.63, 3.8) is 0 Å². The van der Waals surface area contributed by atoms with E-state index < -0.39 is 5.97 Å². The van der Waals surface area contributed by atoms with Gasteiger partial charge in [-0.15, -0.1) is 0 Å². The second kappa shape index (κ2) is 8.77. The molecule has 4 aromatic carbocycles. The molecule has 1 aliphatic rings. The number of allylic oxidation sites excluding steroid dienone is 1. The van der Waals surface area contributed by atoms with Crippen molar-refractivity contribution in [3.05, 3.63) is 125 Å². The molecule has 0 bridgehead atoms. The van der Waals surface area contributed by atoms with E-state index in [2.05, 4.69) is 0 Å². The number of carbonyl (C=O) groups is 2. The fraction of sp³-hybridized carbons (Fsp3) is 0. The molecule has 0 radical (unpaired) electrons. The lowest BCUT2D eigenvalue weighted by Gasteiger charge is -2.06. The predicted molar refractivity (Wildman–Crippen MR) is 128 cm³/mol. The van der Waals surface area contributed by atoms with E-state index in [4.69, 9.17) is 21.1 Å². The Kier molecular flexibility index (Phi) is 5.51. The van der Waals surface area contributed by atoms with Crippen LogP contribution in [0.4, 0.5) is 0 Å². The van der Waals surface area contributed by atoms with E-state index in [-0.39, 0.29) is 17.3 Å². The van der Waals surface area contributed by atoms with Crippen LogP contribution < -0.4 is 9.47 Å². The number of halogens is 1. The van der Waals surface area contributed by atoms with Gasteiger partial charge in [0, 0.05) is 11.1 Å². The molecule has 33 heavy (non-hydrogen) atoms. The number of hydrogen-bond acceptors (Lipinski definition) is 4. The van der Waals surface area contributed by atoms with Gasteiger partial charge in [-0.1, -0.05) is 66.2 Å². The molecule has 160 valence electrons. The number of rotatable bonds is 4. The lowest BCUT2D eigenvalue weighted by atomic mass is 10.0. The summed E-state index contributed by atoms with van der Waals surface area (Å²) in [5, 5.41) is 0.532. The maximum atomic E-state index is 12.8. The lowest BCUT2D eigenvalue weighted by Crippen LogP contribution is -2.08. The van der Waals surface area contributed by atoms with Crippen molar-refractivity contribution in [2.75, 3.05) is 0 Å². The highest BCUT2D eigenvalue weighted by Gasteiger charge is 2.28. The maximum absolute atomic E-state index is 12.8. The number of ether oxygens (including phenoxy) is 2. The molecule has 0 N–H and O–H groups in total. The van der Waals surface area contributed by atoms with Crippen LogP contribution in [0.1, 0.15) is 26.3 Å². The molecule has 0 saturated carbocycles. The smallest absolute Gasteiger partial charge is 0.343 e. The fourth-order valence-electron chi connectivity index (χ4n) is 3.54. The van der Waals surface area contributed by atoms with Crippen LogP contribution in [0.2, 0.25) is 5.02 Å². The Morgan fingerprint density at radius 2 is 1.52 bits per heavy atom. The summed E-state index contributed by atoms with van der Waals surface area (Å²) < 4.78 is 11.2. The molecule has 4 aromatic rings. The van der Waals surface area contributed by atoms with Crippen molar-refractivity contribution in [2.24, 2.45) is 0 Å². The minimum absolute atomic E-state index is 0.215. The summed E-state index contributed by atoms with van der Waals surface area (Å²) in [5.74, 6) is 0.125. The van der Waals surface area contributed by atoms with Gasteiger partial charge in [0.05, 0.1) is 11.1 Å². The van der Waals surface area contributed by atoms with Gasteiger partial charge in [0.1, 0.15) is 11.5 Å². The highest BCUT2D eigenvalue weighted by molar-refractivity contribution is 6.30. The number of carbonyl (C=O) groups excluding carboxylic acids is 2. The molecule has 0 aromatic heterocycles. The van der Waals surface area contributed by atoms with Gasteiger partial charge in [0.15, 0.2) is 5.76 Å². The zero-order chi connectivity index (χ0) is 22.8. The van der Waals surface area contributed by atoms with Crippen LogP contribution in [0, 0.1) is 0 Å². The van der Waals surface area contributed by atoms with Crippen LogP contribution >= 0.6 is 11.6 Å². The van der Waals surface area contributed by atoms with Crippen molar-refractivity contribution in [2.45, 2.75) is 0 Å². The quantitative estimate of drug-likeness (QED) is 0.193. The van der Waals surface area contributed by atoms with Crippen molar-refractivity contribution in [3.8, 4) is 22.6 Å². The van der Waals surface area contributed by atoms with Crippen LogP contribution in [0.3, 0.4) is 0 Å². The first-order valence-electron chi connectivity index (χ1n) is 10.3. The Morgan fingerprint density at radius 1 is 0.818 bits per heavy atom. The second-order valence-electron chi connectivity index (χ2n) is 7.48. The minimum Gasteiger partial charge on any atom is -0.452 e. The van der Waals surface area contributed by atoms with Crippen LogP contribution in [0.15, 0.2) is 103 Å². The Hall–Kier alpha value is -4.15. The first kappa shape index (κ1) is 20.7. The standard InChI is InChI=1S/C28H17ClO4/c29-22-12-10-21(11-13-22)28(31)32-23-14-15-24-25(17-23)33-26(27(24)30)16-18-6-8-20(9-7-18)19-4-2-1-3-5-19/h1-17H/b26-16+. The molecule has 0 aliphatic carbocycles. The van der Waals surface area contributed by atoms with Gasteiger partial charge >= 0.3 is 5.97 Å². The second-order valence-corrected chi connectivity index (χ2v) is 7.92.